The summed E-state index contributed by atoms with van der Waals surface area (Å²) in [6.45, 7) is 9.61. The highest BCUT2D eigenvalue weighted by Gasteiger charge is 2.22. The number of nitrogens with two attached hydrogens (primary N) is 1. The molecule has 15 heavy (non-hydrogen) atoms. The maximum Gasteiger partial charge on any atom is 0.292 e. The van der Waals surface area contributed by atoms with Crippen LogP contribution in [0.15, 0.2) is 10.6 Å². The van der Waals surface area contributed by atoms with Crippen molar-refractivity contribution in [2.75, 3.05) is 5.73 Å². The Balaban J connectivity index is 0. The van der Waals surface area contributed by atoms with Gasteiger partial charge in [0, 0.05) is 6.84 Å². The molecule has 0 unspecified atom stereocenters. The minimum absolute atomic E-state index is 0. The first-order valence-corrected chi connectivity index (χ1v) is 5.13. The Labute approximate surface area is 92.4 Å². The highest BCUT2D eigenvalue weighted by atomic mass is 16.4. The summed E-state index contributed by atoms with van der Waals surface area (Å²) in [5.74, 6) is 0.640. The number of aromatic nitrogens is 1. The summed E-state index contributed by atoms with van der Waals surface area (Å²) in [4.78, 5) is 15.2. The van der Waals surface area contributed by atoms with Crippen LogP contribution in [0.4, 0.5) is 6.01 Å². The molecule has 88 valence electrons. The van der Waals surface area contributed by atoms with Crippen LogP contribution in [-0.2, 0) is 11.2 Å². The summed E-state index contributed by atoms with van der Waals surface area (Å²) in [6, 6.07) is 0.108. The zero-order valence-corrected chi connectivity index (χ0v) is 10.1. The topological polar surface area (TPSA) is 69.1 Å². The van der Waals surface area contributed by atoms with Crippen LogP contribution in [0.25, 0.3) is 0 Å². The van der Waals surface area contributed by atoms with Crippen molar-refractivity contribution in [3.8, 4) is 0 Å². The second-order valence-corrected chi connectivity index (χ2v) is 4.01. The summed E-state index contributed by atoms with van der Waals surface area (Å²) in [5, 5.41) is 0. The Bertz CT molecular complexity index is 316. The van der Waals surface area contributed by atoms with Crippen molar-refractivity contribution in [1.29, 1.82) is 0 Å². The summed E-state index contributed by atoms with van der Waals surface area (Å²) in [6.07, 6.45) is 1.74. The number of rotatable bonds is 2. The normalized spacial score (nSPS) is 10.5. The Kier molecular flexibility index (Phi) is 5.05. The van der Waals surface area contributed by atoms with E-state index in [-0.39, 0.29) is 25.1 Å². The molecular weight excluding hydrogens is 192 g/mol. The van der Waals surface area contributed by atoms with Gasteiger partial charge in [0.2, 0.25) is 0 Å². The molecule has 0 saturated carbocycles. The lowest BCUT2D eigenvalue weighted by atomic mass is 9.88. The molecule has 4 heteroatoms. The molecule has 0 aliphatic heterocycles. The van der Waals surface area contributed by atoms with Crippen molar-refractivity contribution in [3.63, 3.8) is 0 Å². The highest BCUT2D eigenvalue weighted by Crippen LogP contribution is 2.18. The lowest BCUT2D eigenvalue weighted by Crippen LogP contribution is -2.21. The molecule has 1 heterocycles. The highest BCUT2D eigenvalue weighted by molar-refractivity contribution is 5.85. The van der Waals surface area contributed by atoms with Gasteiger partial charge in [0.1, 0.15) is 11.5 Å². The number of anilines is 1. The van der Waals surface area contributed by atoms with Crippen LogP contribution in [-0.4, -0.2) is 10.8 Å². The first kappa shape index (κ1) is 13.7. The predicted molar refractivity (Wildman–Crippen MR) is 62.5 cm³/mol. The van der Waals surface area contributed by atoms with Crippen LogP contribution >= 0.6 is 0 Å². The van der Waals surface area contributed by atoms with Crippen LogP contribution in [0.1, 0.15) is 41.8 Å². The minimum atomic E-state index is -0.346. The van der Waals surface area contributed by atoms with E-state index >= 15 is 0 Å². The Morgan fingerprint density at radius 1 is 1.53 bits per heavy atom. The predicted octanol–water partition coefficient (Wildman–Crippen LogP) is 2.69. The lowest BCUT2D eigenvalue weighted by molar-refractivity contribution is -0.125. The third-order valence-electron chi connectivity index (χ3n) is 1.74. The lowest BCUT2D eigenvalue weighted by Gasteiger charge is -2.14. The van der Waals surface area contributed by atoms with Crippen LogP contribution in [0.3, 0.4) is 0 Å². The molecule has 0 saturated heterocycles. The number of carbonyl (C=O) groups excluding carboxylic acids is 1. The first-order valence-electron chi connectivity index (χ1n) is 5.13. The minimum Gasteiger partial charge on any atom is -0.428 e. The zero-order chi connectivity index (χ0) is 12.1. The molecule has 1 rings (SSSR count). The molecule has 1 aromatic rings. The SMILES string of the molecule is CC.CC(C)(C)C(=O)Cc1cnc(N)o1.[HH]. The van der Waals surface area contributed by atoms with Gasteiger partial charge in [0.25, 0.3) is 6.01 Å². The fourth-order valence-corrected chi connectivity index (χ4v) is 0.828. The molecule has 0 aliphatic rings. The molecule has 0 fully saturated rings. The number of carbonyl (C=O) groups is 1. The van der Waals surface area contributed by atoms with E-state index in [4.69, 9.17) is 10.2 Å². The second kappa shape index (κ2) is 5.53. The number of Topliss-reactive ketones (excluding diaryl/α,β-unsaturated/α-hetero) is 1. The molecule has 0 amide bonds. The Morgan fingerprint density at radius 3 is 2.40 bits per heavy atom. The van der Waals surface area contributed by atoms with E-state index in [2.05, 4.69) is 4.98 Å². The molecule has 0 radical (unpaired) electrons. The number of ketones is 1. The van der Waals surface area contributed by atoms with Gasteiger partial charge in [-0.2, -0.15) is 0 Å². The van der Waals surface area contributed by atoms with E-state index < -0.39 is 0 Å². The summed E-state index contributed by atoms with van der Waals surface area (Å²) in [7, 11) is 0. The third kappa shape index (κ3) is 4.63. The Hall–Kier alpha value is -1.32. The van der Waals surface area contributed by atoms with Crippen molar-refractivity contribution in [2.45, 2.75) is 41.0 Å². The van der Waals surface area contributed by atoms with Gasteiger partial charge in [-0.1, -0.05) is 34.6 Å². The molecule has 0 aliphatic carbocycles. The van der Waals surface area contributed by atoms with E-state index in [1.807, 2.05) is 34.6 Å². The van der Waals surface area contributed by atoms with E-state index in [1.54, 1.807) is 0 Å². The molecule has 2 N–H and O–H groups in total. The monoisotopic (exact) mass is 214 g/mol. The number of nitrogen functional groups attached to an aromatic ring is 1. The van der Waals surface area contributed by atoms with Gasteiger partial charge < -0.3 is 10.2 Å². The van der Waals surface area contributed by atoms with Gasteiger partial charge in [-0.05, 0) is 0 Å². The fourth-order valence-electron chi connectivity index (χ4n) is 0.828. The number of oxazole rings is 1. The van der Waals surface area contributed by atoms with Crippen LogP contribution in [0.5, 0.6) is 0 Å². The van der Waals surface area contributed by atoms with E-state index in [0.29, 0.717) is 5.76 Å². The third-order valence-corrected chi connectivity index (χ3v) is 1.74. The maximum atomic E-state index is 11.5. The van der Waals surface area contributed by atoms with Crippen LogP contribution < -0.4 is 5.73 Å². The van der Waals surface area contributed by atoms with E-state index in [9.17, 15) is 4.79 Å². The van der Waals surface area contributed by atoms with Crippen molar-refractivity contribution in [1.82, 2.24) is 4.98 Å². The van der Waals surface area contributed by atoms with Crippen molar-refractivity contribution in [2.24, 2.45) is 5.41 Å². The molecule has 0 aromatic carbocycles. The smallest absolute Gasteiger partial charge is 0.292 e. The van der Waals surface area contributed by atoms with E-state index in [0.717, 1.165) is 0 Å². The van der Waals surface area contributed by atoms with Crippen molar-refractivity contribution in [3.05, 3.63) is 12.0 Å². The molecule has 4 nitrogen and oxygen atoms in total. The number of hydrogen-bond acceptors (Lipinski definition) is 4. The first-order chi connectivity index (χ1) is 6.89. The van der Waals surface area contributed by atoms with Crippen LogP contribution in [0, 0.1) is 5.41 Å². The van der Waals surface area contributed by atoms with Gasteiger partial charge in [0.15, 0.2) is 0 Å². The molecule has 1 aromatic heterocycles. The summed E-state index contributed by atoms with van der Waals surface area (Å²) >= 11 is 0. The molecular formula is C11H22N2O2. The van der Waals surface area contributed by atoms with Gasteiger partial charge in [0.05, 0.1) is 12.6 Å². The molecule has 0 spiro atoms. The summed E-state index contributed by atoms with van der Waals surface area (Å²) in [5.41, 5.74) is 4.93. The van der Waals surface area contributed by atoms with Gasteiger partial charge in [-0.25, -0.2) is 4.98 Å². The van der Waals surface area contributed by atoms with Gasteiger partial charge >= 0.3 is 0 Å². The quantitative estimate of drug-likeness (QED) is 0.821. The van der Waals surface area contributed by atoms with Gasteiger partial charge in [-0.15, -0.1) is 0 Å². The van der Waals surface area contributed by atoms with Gasteiger partial charge in [-0.3, -0.25) is 4.79 Å². The van der Waals surface area contributed by atoms with Crippen molar-refractivity contribution >= 4 is 11.8 Å². The summed E-state index contributed by atoms with van der Waals surface area (Å²) < 4.78 is 5.00. The molecule has 0 atom stereocenters. The Morgan fingerprint density at radius 2 is 2.07 bits per heavy atom. The fraction of sp³-hybridized carbons (Fsp3) is 0.636. The standard InChI is InChI=1S/C9H14N2O2.C2H6.H2/c1-9(2,3)7(12)4-6-5-11-8(10)13-6;1-2;/h5H,4H2,1-3H3,(H2,10,11);1-2H3;1H. The second-order valence-electron chi connectivity index (χ2n) is 4.01. The van der Waals surface area contributed by atoms with E-state index in [1.165, 1.54) is 6.20 Å². The largest absolute Gasteiger partial charge is 0.428 e. The average Bonchev–Trinajstić information content (AvgIpc) is 2.53. The van der Waals surface area contributed by atoms with Crippen molar-refractivity contribution < 1.29 is 10.6 Å². The average molecular weight is 214 g/mol. The number of nitrogens with zero attached hydrogens (tertiary/aromatic N) is 1. The van der Waals surface area contributed by atoms with Crippen LogP contribution in [0.2, 0.25) is 0 Å². The maximum absolute atomic E-state index is 11.5. The molecule has 0 bridgehead atoms. The number of hydrogen-bond donors (Lipinski definition) is 1. The zero-order valence-electron chi connectivity index (χ0n) is 10.1.